The number of halogens is 2. The Morgan fingerprint density at radius 2 is 2.25 bits per heavy atom. The van der Waals surface area contributed by atoms with Gasteiger partial charge in [-0.15, -0.1) is 0 Å². The van der Waals surface area contributed by atoms with E-state index in [4.69, 9.17) is 16.3 Å². The van der Waals surface area contributed by atoms with Gasteiger partial charge in [0.1, 0.15) is 0 Å². The van der Waals surface area contributed by atoms with Crippen molar-refractivity contribution in [3.63, 3.8) is 0 Å². The minimum atomic E-state index is -0.608. The molecular formula is C12H8BrClN2O3S. The van der Waals surface area contributed by atoms with E-state index >= 15 is 0 Å². The summed E-state index contributed by atoms with van der Waals surface area (Å²) in [7, 11) is 0. The summed E-state index contributed by atoms with van der Waals surface area (Å²) in [5.74, 6) is -1.06. The van der Waals surface area contributed by atoms with Crippen LogP contribution in [0.1, 0.15) is 10.4 Å². The molecule has 5 nitrogen and oxygen atoms in total. The van der Waals surface area contributed by atoms with Crippen molar-refractivity contribution in [1.29, 1.82) is 0 Å². The van der Waals surface area contributed by atoms with Crippen LogP contribution in [0.5, 0.6) is 0 Å². The van der Waals surface area contributed by atoms with Crippen molar-refractivity contribution < 1.29 is 14.3 Å². The van der Waals surface area contributed by atoms with Crippen LogP contribution in [0, 0.1) is 0 Å². The van der Waals surface area contributed by atoms with Crippen molar-refractivity contribution in [3.8, 4) is 0 Å². The van der Waals surface area contributed by atoms with Crippen LogP contribution >= 0.6 is 38.9 Å². The Labute approximate surface area is 132 Å². The van der Waals surface area contributed by atoms with Gasteiger partial charge in [0, 0.05) is 5.02 Å². The largest absolute Gasteiger partial charge is 0.452 e. The number of thiazole rings is 1. The van der Waals surface area contributed by atoms with E-state index in [1.165, 1.54) is 17.4 Å². The van der Waals surface area contributed by atoms with E-state index < -0.39 is 11.9 Å². The Bertz CT molecular complexity index is 647. The molecule has 0 unspecified atom stereocenters. The molecule has 0 aliphatic carbocycles. The maximum absolute atomic E-state index is 11.7. The third-order valence-corrected chi connectivity index (χ3v) is 3.75. The summed E-state index contributed by atoms with van der Waals surface area (Å²) in [6.07, 6.45) is 1.57. The molecule has 0 saturated carbocycles. The number of aromatic nitrogens is 1. The Kier molecular flexibility index (Phi) is 5.11. The molecule has 0 bridgehead atoms. The van der Waals surface area contributed by atoms with Gasteiger partial charge in [-0.2, -0.15) is 0 Å². The van der Waals surface area contributed by atoms with E-state index in [9.17, 15) is 9.59 Å². The molecule has 1 heterocycles. The van der Waals surface area contributed by atoms with Gasteiger partial charge in [0.05, 0.1) is 15.5 Å². The van der Waals surface area contributed by atoms with Crippen molar-refractivity contribution in [2.24, 2.45) is 0 Å². The fourth-order valence-corrected chi connectivity index (χ4v) is 2.61. The summed E-state index contributed by atoms with van der Waals surface area (Å²) in [6, 6.07) is 6.31. The molecule has 1 aromatic heterocycles. The first-order valence-electron chi connectivity index (χ1n) is 5.38. The van der Waals surface area contributed by atoms with Crippen molar-refractivity contribution in [2.45, 2.75) is 0 Å². The zero-order valence-electron chi connectivity index (χ0n) is 9.93. The third-order valence-electron chi connectivity index (χ3n) is 2.12. The lowest BCUT2D eigenvalue weighted by Gasteiger charge is -2.04. The average molecular weight is 376 g/mol. The first-order valence-corrected chi connectivity index (χ1v) is 7.37. The highest BCUT2D eigenvalue weighted by molar-refractivity contribution is 9.11. The van der Waals surface area contributed by atoms with Gasteiger partial charge < -0.3 is 4.74 Å². The van der Waals surface area contributed by atoms with Gasteiger partial charge >= 0.3 is 5.97 Å². The lowest BCUT2D eigenvalue weighted by Crippen LogP contribution is -2.20. The zero-order valence-corrected chi connectivity index (χ0v) is 13.1. The summed E-state index contributed by atoms with van der Waals surface area (Å²) in [5, 5.41) is 3.37. The lowest BCUT2D eigenvalue weighted by molar-refractivity contribution is -0.119. The minimum absolute atomic E-state index is 0.294. The van der Waals surface area contributed by atoms with E-state index in [0.717, 1.165) is 3.79 Å². The summed E-state index contributed by atoms with van der Waals surface area (Å²) >= 11 is 10.3. The molecule has 2 aromatic rings. The van der Waals surface area contributed by atoms with Crippen molar-refractivity contribution in [2.75, 3.05) is 11.9 Å². The summed E-state index contributed by atoms with van der Waals surface area (Å²) in [6.45, 7) is -0.386. The number of anilines is 1. The Morgan fingerprint density at radius 3 is 2.90 bits per heavy atom. The lowest BCUT2D eigenvalue weighted by atomic mass is 10.2. The number of rotatable bonds is 4. The number of nitrogens with zero attached hydrogens (tertiary/aromatic N) is 1. The Morgan fingerprint density at radius 1 is 1.45 bits per heavy atom. The van der Waals surface area contributed by atoms with E-state index in [0.29, 0.717) is 15.7 Å². The fraction of sp³-hybridized carbons (Fsp3) is 0.0833. The van der Waals surface area contributed by atoms with Crippen molar-refractivity contribution in [1.82, 2.24) is 4.98 Å². The van der Waals surface area contributed by atoms with Gasteiger partial charge in [-0.1, -0.05) is 29.0 Å². The summed E-state index contributed by atoms with van der Waals surface area (Å²) in [5.41, 5.74) is 0.294. The first-order chi connectivity index (χ1) is 9.54. The Balaban J connectivity index is 1.85. The molecule has 0 aliphatic rings. The molecular weight excluding hydrogens is 368 g/mol. The third kappa shape index (κ3) is 4.29. The number of benzene rings is 1. The number of nitrogens with one attached hydrogen (secondary N) is 1. The minimum Gasteiger partial charge on any atom is -0.452 e. The standard InChI is InChI=1S/C12H8BrClN2O3S/c13-9-5-15-12(20-9)16-10(17)6-19-11(18)7-2-1-3-8(14)4-7/h1-5H,6H2,(H,15,16,17). The number of hydrogen-bond donors (Lipinski definition) is 1. The summed E-state index contributed by atoms with van der Waals surface area (Å²) < 4.78 is 5.67. The van der Waals surface area contributed by atoms with Crippen LogP contribution in [-0.2, 0) is 9.53 Å². The number of amides is 1. The van der Waals surface area contributed by atoms with E-state index in [1.54, 1.807) is 24.4 Å². The van der Waals surface area contributed by atoms with Gasteiger partial charge in [0.2, 0.25) is 0 Å². The zero-order chi connectivity index (χ0) is 14.5. The molecule has 1 amide bonds. The number of esters is 1. The molecule has 0 radical (unpaired) electrons. The normalized spacial score (nSPS) is 10.1. The van der Waals surface area contributed by atoms with Crippen LogP contribution in [0.4, 0.5) is 5.13 Å². The number of carbonyl (C=O) groups excluding carboxylic acids is 2. The second kappa shape index (κ2) is 6.83. The van der Waals surface area contributed by atoms with Crippen LogP contribution in [0.25, 0.3) is 0 Å². The topological polar surface area (TPSA) is 68.3 Å². The van der Waals surface area contributed by atoms with Gasteiger partial charge in [0.15, 0.2) is 11.7 Å². The highest BCUT2D eigenvalue weighted by Gasteiger charge is 2.11. The van der Waals surface area contributed by atoms with Crippen LogP contribution in [0.15, 0.2) is 34.2 Å². The molecule has 0 atom stereocenters. The highest BCUT2D eigenvalue weighted by Crippen LogP contribution is 2.22. The van der Waals surface area contributed by atoms with Crippen molar-refractivity contribution in [3.05, 3.63) is 44.8 Å². The van der Waals surface area contributed by atoms with E-state index in [2.05, 4.69) is 26.2 Å². The fourth-order valence-electron chi connectivity index (χ4n) is 1.30. The second-order valence-corrected chi connectivity index (χ2v) is 6.45. The number of ether oxygens (including phenoxy) is 1. The first kappa shape index (κ1) is 15.0. The van der Waals surface area contributed by atoms with Gasteiger partial charge in [0.25, 0.3) is 5.91 Å². The smallest absolute Gasteiger partial charge is 0.338 e. The SMILES string of the molecule is O=C(COC(=O)c1cccc(Cl)c1)Nc1ncc(Br)s1. The molecule has 0 fully saturated rings. The van der Waals surface area contributed by atoms with Crippen LogP contribution < -0.4 is 5.32 Å². The molecule has 0 aliphatic heterocycles. The number of carbonyl (C=O) groups is 2. The van der Waals surface area contributed by atoms with Gasteiger partial charge in [-0.25, -0.2) is 9.78 Å². The molecule has 20 heavy (non-hydrogen) atoms. The molecule has 8 heteroatoms. The van der Waals surface area contributed by atoms with Gasteiger partial charge in [-0.05, 0) is 34.1 Å². The van der Waals surface area contributed by atoms with Gasteiger partial charge in [-0.3, -0.25) is 10.1 Å². The van der Waals surface area contributed by atoms with Crippen LogP contribution in [0.2, 0.25) is 5.02 Å². The molecule has 1 N–H and O–H groups in total. The molecule has 2 rings (SSSR count). The van der Waals surface area contributed by atoms with E-state index in [-0.39, 0.29) is 6.61 Å². The quantitative estimate of drug-likeness (QED) is 0.832. The average Bonchev–Trinajstić information content (AvgIpc) is 2.81. The van der Waals surface area contributed by atoms with Crippen molar-refractivity contribution >= 4 is 55.9 Å². The van der Waals surface area contributed by atoms with Crippen LogP contribution in [0.3, 0.4) is 0 Å². The predicted molar refractivity (Wildman–Crippen MR) is 80.2 cm³/mol. The predicted octanol–water partition coefficient (Wildman–Crippen LogP) is 3.35. The van der Waals surface area contributed by atoms with E-state index in [1.807, 2.05) is 0 Å². The molecule has 104 valence electrons. The van der Waals surface area contributed by atoms with Crippen LogP contribution in [-0.4, -0.2) is 23.5 Å². The molecule has 0 saturated heterocycles. The number of hydrogen-bond acceptors (Lipinski definition) is 5. The highest BCUT2D eigenvalue weighted by atomic mass is 79.9. The maximum Gasteiger partial charge on any atom is 0.338 e. The second-order valence-electron chi connectivity index (χ2n) is 3.60. The maximum atomic E-state index is 11.7. The molecule has 1 aromatic carbocycles. The summed E-state index contributed by atoms with van der Waals surface area (Å²) in [4.78, 5) is 27.2. The molecule has 0 spiro atoms. The Hall–Kier alpha value is -1.44. The monoisotopic (exact) mass is 374 g/mol.